The van der Waals surface area contributed by atoms with Crippen LogP contribution >= 0.6 is 12.2 Å². The van der Waals surface area contributed by atoms with E-state index in [0.717, 1.165) is 48.0 Å². The van der Waals surface area contributed by atoms with Crippen LogP contribution < -0.4 is 10.6 Å². The van der Waals surface area contributed by atoms with E-state index >= 15 is 0 Å². The Balaban J connectivity index is 1.54. The zero-order chi connectivity index (χ0) is 21.0. The van der Waals surface area contributed by atoms with E-state index in [1.54, 1.807) is 16.8 Å². The van der Waals surface area contributed by atoms with Gasteiger partial charge in [-0.05, 0) is 58.5 Å². The SMILES string of the molecule is Cc1cc(C)n(CCCNC(=S)Nc2c(C)nn(Cc3ccccc3F)c2C)n1. The van der Waals surface area contributed by atoms with Crippen LogP contribution in [0.25, 0.3) is 0 Å². The van der Waals surface area contributed by atoms with E-state index in [1.165, 1.54) is 6.07 Å². The minimum absolute atomic E-state index is 0.227. The van der Waals surface area contributed by atoms with Gasteiger partial charge in [-0.2, -0.15) is 10.2 Å². The summed E-state index contributed by atoms with van der Waals surface area (Å²) in [5.41, 5.74) is 5.40. The van der Waals surface area contributed by atoms with Crippen LogP contribution in [0.4, 0.5) is 10.1 Å². The van der Waals surface area contributed by atoms with Crippen molar-refractivity contribution in [3.8, 4) is 0 Å². The van der Waals surface area contributed by atoms with Crippen molar-refractivity contribution in [3.05, 3.63) is 64.5 Å². The summed E-state index contributed by atoms with van der Waals surface area (Å²) in [6.45, 7) is 9.89. The van der Waals surface area contributed by atoms with E-state index in [0.29, 0.717) is 17.2 Å². The first-order chi connectivity index (χ1) is 13.8. The number of aryl methyl sites for hydroxylation is 4. The number of benzene rings is 1. The Morgan fingerprint density at radius 1 is 1.10 bits per heavy atom. The number of thiocarbonyl (C=S) groups is 1. The topological polar surface area (TPSA) is 59.7 Å². The zero-order valence-corrected chi connectivity index (χ0v) is 18.1. The molecule has 0 aliphatic carbocycles. The van der Waals surface area contributed by atoms with Gasteiger partial charge in [0.2, 0.25) is 0 Å². The van der Waals surface area contributed by atoms with Crippen LogP contribution in [0.5, 0.6) is 0 Å². The van der Waals surface area contributed by atoms with Crippen LogP contribution in [0.1, 0.15) is 34.8 Å². The second-order valence-corrected chi connectivity index (χ2v) is 7.59. The number of rotatable bonds is 7. The lowest BCUT2D eigenvalue weighted by molar-refractivity contribution is 0.558. The van der Waals surface area contributed by atoms with Crippen molar-refractivity contribution in [2.75, 3.05) is 11.9 Å². The summed E-state index contributed by atoms with van der Waals surface area (Å²) >= 11 is 5.43. The van der Waals surface area contributed by atoms with Gasteiger partial charge < -0.3 is 10.6 Å². The molecule has 2 N–H and O–H groups in total. The highest BCUT2D eigenvalue weighted by atomic mass is 32.1. The molecule has 6 nitrogen and oxygen atoms in total. The third-order valence-corrected chi connectivity index (χ3v) is 5.08. The predicted molar refractivity (Wildman–Crippen MR) is 118 cm³/mol. The van der Waals surface area contributed by atoms with E-state index in [9.17, 15) is 4.39 Å². The van der Waals surface area contributed by atoms with E-state index in [4.69, 9.17) is 12.2 Å². The molecular weight excluding hydrogens is 387 g/mol. The molecule has 2 heterocycles. The van der Waals surface area contributed by atoms with Gasteiger partial charge in [0, 0.05) is 24.3 Å². The van der Waals surface area contributed by atoms with Gasteiger partial charge in [0.05, 0.1) is 29.3 Å². The van der Waals surface area contributed by atoms with Gasteiger partial charge in [0.15, 0.2) is 5.11 Å². The summed E-state index contributed by atoms with van der Waals surface area (Å²) < 4.78 is 17.8. The lowest BCUT2D eigenvalue weighted by Crippen LogP contribution is -2.30. The highest BCUT2D eigenvalue weighted by Crippen LogP contribution is 2.21. The molecule has 0 radical (unpaired) electrons. The third kappa shape index (κ3) is 5.20. The van der Waals surface area contributed by atoms with Gasteiger partial charge in [-0.25, -0.2) is 4.39 Å². The van der Waals surface area contributed by atoms with E-state index in [-0.39, 0.29) is 5.82 Å². The molecule has 0 amide bonds. The molecule has 0 atom stereocenters. The van der Waals surface area contributed by atoms with Crippen LogP contribution in [-0.2, 0) is 13.1 Å². The number of hydrogen-bond acceptors (Lipinski definition) is 3. The second-order valence-electron chi connectivity index (χ2n) is 7.18. The van der Waals surface area contributed by atoms with Gasteiger partial charge in [0.1, 0.15) is 5.82 Å². The third-order valence-electron chi connectivity index (χ3n) is 4.83. The maximum Gasteiger partial charge on any atom is 0.170 e. The van der Waals surface area contributed by atoms with Crippen molar-refractivity contribution < 1.29 is 4.39 Å². The molecule has 0 aliphatic rings. The standard InChI is InChI=1S/C21H27FN6S/c1-14-12-15(2)27(25-14)11-7-10-23-21(29)24-20-16(3)26-28(17(20)4)13-18-8-5-6-9-19(18)22/h5-6,8-9,12H,7,10-11,13H2,1-4H3,(H2,23,24,29). The maximum atomic E-state index is 14.0. The average Bonchev–Trinajstić information content (AvgIpc) is 3.13. The molecule has 154 valence electrons. The molecular formula is C21H27FN6S. The smallest absolute Gasteiger partial charge is 0.170 e. The minimum Gasteiger partial charge on any atom is -0.362 e. The fourth-order valence-corrected chi connectivity index (χ4v) is 3.51. The molecule has 0 bridgehead atoms. The summed E-state index contributed by atoms with van der Waals surface area (Å²) in [6, 6.07) is 8.82. The van der Waals surface area contributed by atoms with Crippen molar-refractivity contribution >= 4 is 23.0 Å². The molecule has 0 fully saturated rings. The van der Waals surface area contributed by atoms with Crippen molar-refractivity contribution in [1.29, 1.82) is 0 Å². The number of hydrogen-bond donors (Lipinski definition) is 2. The van der Waals surface area contributed by atoms with Crippen LogP contribution in [0, 0.1) is 33.5 Å². The summed E-state index contributed by atoms with van der Waals surface area (Å²) in [6.07, 6.45) is 0.911. The fraction of sp³-hybridized carbons (Fsp3) is 0.381. The Bertz CT molecular complexity index is 1010. The molecule has 0 aliphatic heterocycles. The number of nitrogens with zero attached hydrogens (tertiary/aromatic N) is 4. The molecule has 29 heavy (non-hydrogen) atoms. The van der Waals surface area contributed by atoms with Crippen LogP contribution in [-0.4, -0.2) is 31.2 Å². The molecule has 0 unspecified atom stereocenters. The number of anilines is 1. The summed E-state index contributed by atoms with van der Waals surface area (Å²) in [5.74, 6) is -0.227. The molecule has 0 spiro atoms. The summed E-state index contributed by atoms with van der Waals surface area (Å²) in [4.78, 5) is 0. The first-order valence-electron chi connectivity index (χ1n) is 9.68. The van der Waals surface area contributed by atoms with Crippen molar-refractivity contribution in [2.45, 2.75) is 47.2 Å². The fourth-order valence-electron chi connectivity index (χ4n) is 3.31. The zero-order valence-electron chi connectivity index (χ0n) is 17.3. The Morgan fingerprint density at radius 2 is 1.86 bits per heavy atom. The Hall–Kier alpha value is -2.74. The normalized spacial score (nSPS) is 10.9. The predicted octanol–water partition coefficient (Wildman–Crippen LogP) is 3.88. The molecule has 1 aromatic carbocycles. The Morgan fingerprint density at radius 3 is 2.55 bits per heavy atom. The van der Waals surface area contributed by atoms with Gasteiger partial charge >= 0.3 is 0 Å². The number of aromatic nitrogens is 4. The number of halogens is 1. The first-order valence-corrected chi connectivity index (χ1v) is 10.1. The van der Waals surface area contributed by atoms with Crippen LogP contribution in [0.2, 0.25) is 0 Å². The molecule has 2 aromatic heterocycles. The van der Waals surface area contributed by atoms with Gasteiger partial charge in [0.25, 0.3) is 0 Å². The van der Waals surface area contributed by atoms with Crippen LogP contribution in [0.15, 0.2) is 30.3 Å². The summed E-state index contributed by atoms with van der Waals surface area (Å²) in [5, 5.41) is 16.0. The lowest BCUT2D eigenvalue weighted by Gasteiger charge is -2.12. The second kappa shape index (κ2) is 9.17. The Labute approximate surface area is 176 Å². The largest absolute Gasteiger partial charge is 0.362 e. The van der Waals surface area contributed by atoms with Gasteiger partial charge in [-0.3, -0.25) is 9.36 Å². The molecule has 0 saturated heterocycles. The maximum absolute atomic E-state index is 14.0. The summed E-state index contributed by atoms with van der Waals surface area (Å²) in [7, 11) is 0. The first kappa shape index (κ1) is 21.0. The monoisotopic (exact) mass is 414 g/mol. The van der Waals surface area contributed by atoms with E-state index in [2.05, 4.69) is 33.8 Å². The highest BCUT2D eigenvalue weighted by Gasteiger charge is 2.14. The Kier molecular flexibility index (Phi) is 6.64. The lowest BCUT2D eigenvalue weighted by atomic mass is 10.2. The van der Waals surface area contributed by atoms with E-state index < -0.39 is 0 Å². The van der Waals surface area contributed by atoms with Crippen molar-refractivity contribution in [2.24, 2.45) is 0 Å². The highest BCUT2D eigenvalue weighted by molar-refractivity contribution is 7.80. The van der Waals surface area contributed by atoms with Crippen LogP contribution in [0.3, 0.4) is 0 Å². The van der Waals surface area contributed by atoms with Gasteiger partial charge in [-0.1, -0.05) is 18.2 Å². The average molecular weight is 415 g/mol. The molecule has 3 aromatic rings. The van der Waals surface area contributed by atoms with E-state index in [1.807, 2.05) is 31.5 Å². The molecule has 3 rings (SSSR count). The van der Waals surface area contributed by atoms with Crippen molar-refractivity contribution in [1.82, 2.24) is 24.9 Å². The quantitative estimate of drug-likeness (QED) is 0.454. The van der Waals surface area contributed by atoms with Crippen molar-refractivity contribution in [3.63, 3.8) is 0 Å². The minimum atomic E-state index is -0.227. The molecule has 0 saturated carbocycles. The molecule has 8 heteroatoms. The number of nitrogens with one attached hydrogen (secondary N) is 2. The van der Waals surface area contributed by atoms with Gasteiger partial charge in [-0.15, -0.1) is 0 Å².